The lowest BCUT2D eigenvalue weighted by Crippen LogP contribution is -2.36. The lowest BCUT2D eigenvalue weighted by Gasteiger charge is -2.19. The van der Waals surface area contributed by atoms with Crippen molar-refractivity contribution in [3.8, 4) is 0 Å². The molecular formula is C11H13F2NO3. The molecule has 1 rings (SSSR count). The van der Waals surface area contributed by atoms with Crippen LogP contribution in [-0.4, -0.2) is 42.0 Å². The van der Waals surface area contributed by atoms with E-state index in [9.17, 15) is 13.6 Å². The highest BCUT2D eigenvalue weighted by molar-refractivity contribution is 5.91. The van der Waals surface area contributed by atoms with Gasteiger partial charge in [-0.15, -0.1) is 0 Å². The van der Waals surface area contributed by atoms with E-state index in [4.69, 9.17) is 9.52 Å². The maximum absolute atomic E-state index is 12.2. The summed E-state index contributed by atoms with van der Waals surface area (Å²) < 4.78 is 29.3. The van der Waals surface area contributed by atoms with E-state index in [1.165, 1.54) is 12.3 Å². The topological polar surface area (TPSA) is 53.7 Å². The lowest BCUT2D eigenvalue weighted by molar-refractivity contribution is -0.128. The van der Waals surface area contributed by atoms with Crippen molar-refractivity contribution in [2.45, 2.75) is 6.43 Å². The minimum absolute atomic E-state index is 0.119. The van der Waals surface area contributed by atoms with Crippen LogP contribution in [0, 0.1) is 0 Å². The quantitative estimate of drug-likeness (QED) is 0.770. The number of aliphatic hydroxyl groups is 1. The molecule has 6 heteroatoms. The molecular weight excluding hydrogens is 232 g/mol. The van der Waals surface area contributed by atoms with Crippen LogP contribution in [-0.2, 0) is 4.79 Å². The highest BCUT2D eigenvalue weighted by atomic mass is 19.3. The van der Waals surface area contributed by atoms with E-state index in [0.29, 0.717) is 5.76 Å². The van der Waals surface area contributed by atoms with E-state index < -0.39 is 18.9 Å². The zero-order valence-electron chi connectivity index (χ0n) is 9.05. The third-order valence-electron chi connectivity index (χ3n) is 1.97. The minimum Gasteiger partial charge on any atom is -0.465 e. The summed E-state index contributed by atoms with van der Waals surface area (Å²) in [7, 11) is 0. The molecule has 1 aromatic rings. The van der Waals surface area contributed by atoms with Gasteiger partial charge in [-0.25, -0.2) is 8.78 Å². The summed E-state index contributed by atoms with van der Waals surface area (Å²) in [6.45, 7) is -1.17. The van der Waals surface area contributed by atoms with Gasteiger partial charge in [0.25, 0.3) is 6.43 Å². The maximum Gasteiger partial charge on any atom is 0.255 e. The first-order chi connectivity index (χ1) is 8.13. The molecule has 4 nitrogen and oxygen atoms in total. The summed E-state index contributed by atoms with van der Waals surface area (Å²) in [5.74, 6) is -0.130. The van der Waals surface area contributed by atoms with Crippen LogP contribution in [0.15, 0.2) is 28.9 Å². The average molecular weight is 245 g/mol. The van der Waals surface area contributed by atoms with Crippen LogP contribution < -0.4 is 0 Å². The first-order valence-electron chi connectivity index (χ1n) is 5.03. The molecule has 0 fully saturated rings. The second-order valence-electron chi connectivity index (χ2n) is 3.25. The number of amides is 1. The molecule has 0 aliphatic rings. The van der Waals surface area contributed by atoms with Gasteiger partial charge >= 0.3 is 0 Å². The second-order valence-corrected chi connectivity index (χ2v) is 3.25. The Morgan fingerprint density at radius 3 is 2.88 bits per heavy atom. The van der Waals surface area contributed by atoms with Crippen LogP contribution in [0.3, 0.4) is 0 Å². The predicted molar refractivity (Wildman–Crippen MR) is 57.4 cm³/mol. The number of aliphatic hydroxyl groups excluding tert-OH is 1. The summed E-state index contributed by atoms with van der Waals surface area (Å²) in [6.07, 6.45) is 1.34. The molecule has 0 aromatic carbocycles. The number of hydrogen-bond donors (Lipinski definition) is 1. The van der Waals surface area contributed by atoms with Crippen molar-refractivity contribution < 1.29 is 23.1 Å². The Morgan fingerprint density at radius 2 is 2.35 bits per heavy atom. The summed E-state index contributed by atoms with van der Waals surface area (Å²) >= 11 is 0. The Balaban J connectivity index is 2.58. The van der Waals surface area contributed by atoms with E-state index in [1.807, 2.05) is 0 Å². The highest BCUT2D eigenvalue weighted by Gasteiger charge is 2.15. The number of carbonyl (C=O) groups is 1. The molecule has 0 bridgehead atoms. The van der Waals surface area contributed by atoms with Gasteiger partial charge in [0.15, 0.2) is 0 Å². The molecule has 0 spiro atoms. The lowest BCUT2D eigenvalue weighted by atomic mass is 10.3. The number of nitrogens with zero attached hydrogens (tertiary/aromatic N) is 1. The van der Waals surface area contributed by atoms with Crippen molar-refractivity contribution in [3.05, 3.63) is 30.2 Å². The molecule has 1 heterocycles. The van der Waals surface area contributed by atoms with Gasteiger partial charge < -0.3 is 14.4 Å². The fraction of sp³-hybridized carbons (Fsp3) is 0.364. The van der Waals surface area contributed by atoms with Crippen LogP contribution in [0.1, 0.15) is 5.76 Å². The van der Waals surface area contributed by atoms with Crippen molar-refractivity contribution in [2.24, 2.45) is 0 Å². The summed E-state index contributed by atoms with van der Waals surface area (Å²) in [6, 6.07) is 3.28. The molecule has 94 valence electrons. The standard InChI is InChI=1S/C11H13F2NO3/c12-10(13)8-14(5-6-15)11(16)4-3-9-2-1-7-17-9/h1-4,7,10,15H,5-6,8H2/b4-3+. The maximum atomic E-state index is 12.2. The largest absolute Gasteiger partial charge is 0.465 e. The SMILES string of the molecule is O=C(/C=C/c1ccco1)N(CCO)CC(F)F. The second kappa shape index (κ2) is 6.80. The summed E-state index contributed by atoms with van der Waals surface area (Å²) in [4.78, 5) is 12.4. The molecule has 0 unspecified atom stereocenters. The summed E-state index contributed by atoms with van der Waals surface area (Å²) in [5, 5.41) is 8.67. The zero-order valence-corrected chi connectivity index (χ0v) is 9.05. The van der Waals surface area contributed by atoms with Crippen molar-refractivity contribution in [3.63, 3.8) is 0 Å². The number of alkyl halides is 2. The van der Waals surface area contributed by atoms with E-state index in [2.05, 4.69) is 0 Å². The van der Waals surface area contributed by atoms with Crippen molar-refractivity contribution in [1.82, 2.24) is 4.90 Å². The van der Waals surface area contributed by atoms with Gasteiger partial charge in [0, 0.05) is 12.6 Å². The van der Waals surface area contributed by atoms with Gasteiger partial charge in [0.2, 0.25) is 5.91 Å². The number of furan rings is 1. The fourth-order valence-electron chi connectivity index (χ4n) is 1.22. The third-order valence-corrected chi connectivity index (χ3v) is 1.97. The van der Waals surface area contributed by atoms with Crippen LogP contribution in [0.4, 0.5) is 8.78 Å². The monoisotopic (exact) mass is 245 g/mol. The summed E-state index contributed by atoms with van der Waals surface area (Å²) in [5.41, 5.74) is 0. The Labute approximate surface area is 97.1 Å². The van der Waals surface area contributed by atoms with Gasteiger partial charge in [0.05, 0.1) is 19.4 Å². The molecule has 0 saturated heterocycles. The van der Waals surface area contributed by atoms with Gasteiger partial charge in [-0.05, 0) is 18.2 Å². The Hall–Kier alpha value is -1.69. The van der Waals surface area contributed by atoms with Crippen molar-refractivity contribution in [1.29, 1.82) is 0 Å². The zero-order chi connectivity index (χ0) is 12.7. The molecule has 0 aliphatic carbocycles. The normalized spacial score (nSPS) is 11.3. The predicted octanol–water partition coefficient (Wildman–Crippen LogP) is 1.38. The van der Waals surface area contributed by atoms with E-state index in [0.717, 1.165) is 11.0 Å². The highest BCUT2D eigenvalue weighted by Crippen LogP contribution is 2.04. The van der Waals surface area contributed by atoms with E-state index >= 15 is 0 Å². The number of rotatable bonds is 6. The van der Waals surface area contributed by atoms with E-state index in [-0.39, 0.29) is 13.2 Å². The first kappa shape index (κ1) is 13.4. The van der Waals surface area contributed by atoms with Crippen LogP contribution in [0.2, 0.25) is 0 Å². The first-order valence-corrected chi connectivity index (χ1v) is 5.03. The van der Waals surface area contributed by atoms with Gasteiger partial charge in [-0.3, -0.25) is 4.79 Å². The molecule has 0 radical (unpaired) electrons. The van der Waals surface area contributed by atoms with Gasteiger partial charge in [-0.2, -0.15) is 0 Å². The Kier molecular flexibility index (Phi) is 5.35. The van der Waals surface area contributed by atoms with Crippen LogP contribution in [0.5, 0.6) is 0 Å². The Morgan fingerprint density at radius 1 is 1.59 bits per heavy atom. The number of hydrogen-bond acceptors (Lipinski definition) is 3. The van der Waals surface area contributed by atoms with Crippen LogP contribution in [0.25, 0.3) is 6.08 Å². The molecule has 0 saturated carbocycles. The van der Waals surface area contributed by atoms with Crippen molar-refractivity contribution in [2.75, 3.05) is 19.7 Å². The molecule has 1 aromatic heterocycles. The van der Waals surface area contributed by atoms with Crippen molar-refractivity contribution >= 4 is 12.0 Å². The number of halogens is 2. The smallest absolute Gasteiger partial charge is 0.255 e. The molecule has 1 N–H and O–H groups in total. The Bertz CT molecular complexity index is 363. The number of carbonyl (C=O) groups excluding carboxylic acids is 1. The molecule has 1 amide bonds. The van der Waals surface area contributed by atoms with Crippen LogP contribution >= 0.6 is 0 Å². The third kappa shape index (κ3) is 4.78. The van der Waals surface area contributed by atoms with Gasteiger partial charge in [-0.1, -0.05) is 0 Å². The van der Waals surface area contributed by atoms with E-state index in [1.54, 1.807) is 12.1 Å². The minimum atomic E-state index is -2.62. The molecule has 0 aliphatic heterocycles. The fourth-order valence-corrected chi connectivity index (χ4v) is 1.22. The molecule has 0 atom stereocenters. The molecule has 17 heavy (non-hydrogen) atoms. The van der Waals surface area contributed by atoms with Gasteiger partial charge in [0.1, 0.15) is 5.76 Å². The average Bonchev–Trinajstić information content (AvgIpc) is 2.77.